The van der Waals surface area contributed by atoms with Crippen molar-refractivity contribution in [3.8, 4) is 0 Å². The molecular weight excluding hydrogens is 365 g/mol. The van der Waals surface area contributed by atoms with Crippen LogP contribution in [0.1, 0.15) is 27.7 Å². The topological polar surface area (TPSA) is 62.6 Å². The number of halogens is 2. The number of nitrogens with one attached hydrogen (secondary N) is 3. The molecule has 0 heterocycles. The van der Waals surface area contributed by atoms with E-state index in [0.29, 0.717) is 11.0 Å². The van der Waals surface area contributed by atoms with Crippen molar-refractivity contribution < 1.29 is 18.9 Å². The van der Waals surface area contributed by atoms with Crippen molar-refractivity contribution in [1.29, 1.82) is 0 Å². The summed E-state index contributed by atoms with van der Waals surface area (Å²) in [6.45, 7) is 8.52. The van der Waals surface area contributed by atoms with Crippen LogP contribution in [0, 0.1) is 5.82 Å². The second-order valence-corrected chi connectivity index (χ2v) is 7.34. The molecule has 0 aliphatic carbocycles. The molecule has 1 aromatic rings. The predicted molar refractivity (Wildman–Crippen MR) is 91.9 cm³/mol. The largest absolute Gasteiger partial charge is 0.347 e. The van der Waals surface area contributed by atoms with E-state index < -0.39 is 5.82 Å². The van der Waals surface area contributed by atoms with Gasteiger partial charge in [-0.05, 0) is 45.9 Å². The van der Waals surface area contributed by atoms with Gasteiger partial charge in [0.05, 0.1) is 12.2 Å². The standard InChI is InChI=1S/C16H23BrFN3O2/c1-5-21(10-15(23)20-16(2,3)4)9-14(22)19-13-7-6-11(17)8-12(13)18/h6-8H,5,9-10H2,1-4H3,(H,19,22)(H,20,23)/p+1. The first-order chi connectivity index (χ1) is 10.6. The Hall–Kier alpha value is -1.47. The van der Waals surface area contributed by atoms with Crippen LogP contribution in [0.3, 0.4) is 0 Å². The first-order valence-corrected chi connectivity index (χ1v) is 8.29. The summed E-state index contributed by atoms with van der Waals surface area (Å²) in [6.07, 6.45) is 0. The molecular formula is C16H24BrFN3O2+. The maximum Gasteiger partial charge on any atom is 0.279 e. The molecule has 128 valence electrons. The van der Waals surface area contributed by atoms with E-state index in [1.165, 1.54) is 12.1 Å². The van der Waals surface area contributed by atoms with Gasteiger partial charge < -0.3 is 15.5 Å². The fraction of sp³-hybridized carbons (Fsp3) is 0.500. The van der Waals surface area contributed by atoms with Gasteiger partial charge in [0.15, 0.2) is 13.1 Å². The van der Waals surface area contributed by atoms with Crippen LogP contribution in [0.4, 0.5) is 10.1 Å². The number of hydrogen-bond acceptors (Lipinski definition) is 2. The Balaban J connectivity index is 2.58. The number of quaternary nitrogens is 1. The number of benzene rings is 1. The first-order valence-electron chi connectivity index (χ1n) is 7.50. The van der Waals surface area contributed by atoms with Crippen molar-refractivity contribution >= 4 is 33.4 Å². The van der Waals surface area contributed by atoms with Crippen molar-refractivity contribution in [1.82, 2.24) is 5.32 Å². The van der Waals surface area contributed by atoms with Crippen molar-refractivity contribution in [2.24, 2.45) is 0 Å². The number of carbonyl (C=O) groups is 2. The lowest BCUT2D eigenvalue weighted by molar-refractivity contribution is -0.881. The van der Waals surface area contributed by atoms with Gasteiger partial charge in [-0.15, -0.1) is 0 Å². The molecule has 7 heteroatoms. The number of amides is 2. The van der Waals surface area contributed by atoms with E-state index in [1.54, 1.807) is 6.07 Å². The molecule has 0 aliphatic rings. The molecule has 23 heavy (non-hydrogen) atoms. The molecule has 1 aromatic carbocycles. The van der Waals surface area contributed by atoms with Gasteiger partial charge >= 0.3 is 0 Å². The minimum atomic E-state index is -0.503. The lowest BCUT2D eigenvalue weighted by atomic mass is 10.1. The summed E-state index contributed by atoms with van der Waals surface area (Å²) in [5, 5.41) is 5.40. The number of rotatable bonds is 6. The van der Waals surface area contributed by atoms with E-state index in [0.717, 1.165) is 4.90 Å². The van der Waals surface area contributed by atoms with Gasteiger partial charge in [-0.2, -0.15) is 0 Å². The second-order valence-electron chi connectivity index (χ2n) is 6.43. The van der Waals surface area contributed by atoms with Gasteiger partial charge in [0.2, 0.25) is 0 Å². The van der Waals surface area contributed by atoms with E-state index in [-0.39, 0.29) is 36.1 Å². The average Bonchev–Trinajstić information content (AvgIpc) is 2.39. The Morgan fingerprint density at radius 3 is 2.35 bits per heavy atom. The molecule has 1 rings (SSSR count). The Labute approximate surface area is 144 Å². The van der Waals surface area contributed by atoms with Gasteiger partial charge in [0, 0.05) is 10.0 Å². The molecule has 0 aliphatic heterocycles. The number of likely N-dealkylation sites (N-methyl/N-ethyl adjacent to an activating group) is 1. The summed E-state index contributed by atoms with van der Waals surface area (Å²) >= 11 is 3.16. The molecule has 1 unspecified atom stereocenters. The lowest BCUT2D eigenvalue weighted by Gasteiger charge is -2.23. The zero-order chi connectivity index (χ0) is 17.6. The van der Waals surface area contributed by atoms with E-state index in [4.69, 9.17) is 0 Å². The van der Waals surface area contributed by atoms with Crippen LogP contribution in [0.2, 0.25) is 0 Å². The van der Waals surface area contributed by atoms with Crippen molar-refractivity contribution in [3.05, 3.63) is 28.5 Å². The summed E-state index contributed by atoms with van der Waals surface area (Å²) in [5.41, 5.74) is -0.175. The van der Waals surface area contributed by atoms with Gasteiger partial charge in [-0.1, -0.05) is 15.9 Å². The Morgan fingerprint density at radius 2 is 1.83 bits per heavy atom. The van der Waals surface area contributed by atoms with E-state index in [2.05, 4.69) is 26.6 Å². The maximum atomic E-state index is 13.7. The maximum absolute atomic E-state index is 13.7. The SMILES string of the molecule is CC[NH+](CC(=O)Nc1ccc(Br)cc1F)CC(=O)NC(C)(C)C. The molecule has 0 bridgehead atoms. The quantitative estimate of drug-likeness (QED) is 0.688. The fourth-order valence-electron chi connectivity index (χ4n) is 2.01. The van der Waals surface area contributed by atoms with Crippen LogP contribution < -0.4 is 15.5 Å². The van der Waals surface area contributed by atoms with Crippen molar-refractivity contribution in [3.63, 3.8) is 0 Å². The molecule has 0 saturated carbocycles. The minimum absolute atomic E-state index is 0.101. The van der Waals surface area contributed by atoms with Crippen LogP contribution in [-0.4, -0.2) is 37.0 Å². The number of anilines is 1. The van der Waals surface area contributed by atoms with Crippen LogP contribution in [0.5, 0.6) is 0 Å². The molecule has 0 radical (unpaired) electrons. The summed E-state index contributed by atoms with van der Waals surface area (Å²) < 4.78 is 14.3. The zero-order valence-electron chi connectivity index (χ0n) is 13.9. The fourth-order valence-corrected chi connectivity index (χ4v) is 2.35. The number of carbonyl (C=O) groups excluding carboxylic acids is 2. The van der Waals surface area contributed by atoms with Crippen LogP contribution in [-0.2, 0) is 9.59 Å². The highest BCUT2D eigenvalue weighted by Crippen LogP contribution is 2.18. The van der Waals surface area contributed by atoms with Crippen LogP contribution >= 0.6 is 15.9 Å². The predicted octanol–water partition coefficient (Wildman–Crippen LogP) is 1.35. The van der Waals surface area contributed by atoms with Crippen molar-refractivity contribution in [2.75, 3.05) is 25.0 Å². The molecule has 0 aromatic heterocycles. The molecule has 2 amide bonds. The number of hydrogen-bond donors (Lipinski definition) is 3. The van der Waals surface area contributed by atoms with Crippen LogP contribution in [0.25, 0.3) is 0 Å². The molecule has 3 N–H and O–H groups in total. The smallest absolute Gasteiger partial charge is 0.279 e. The van der Waals surface area contributed by atoms with Gasteiger partial charge in [-0.25, -0.2) is 4.39 Å². The van der Waals surface area contributed by atoms with Crippen LogP contribution in [0.15, 0.2) is 22.7 Å². The third-order valence-electron chi connectivity index (χ3n) is 3.04. The zero-order valence-corrected chi connectivity index (χ0v) is 15.5. The third kappa shape index (κ3) is 7.56. The minimum Gasteiger partial charge on any atom is -0.347 e. The first kappa shape index (κ1) is 19.6. The normalized spacial score (nSPS) is 12.6. The monoisotopic (exact) mass is 388 g/mol. The molecule has 0 saturated heterocycles. The highest BCUT2D eigenvalue weighted by molar-refractivity contribution is 9.10. The van der Waals surface area contributed by atoms with E-state index >= 15 is 0 Å². The van der Waals surface area contributed by atoms with Gasteiger partial charge in [-0.3, -0.25) is 9.59 Å². The van der Waals surface area contributed by atoms with Crippen molar-refractivity contribution in [2.45, 2.75) is 33.2 Å². The Morgan fingerprint density at radius 1 is 1.22 bits per heavy atom. The van der Waals surface area contributed by atoms with E-state index in [9.17, 15) is 14.0 Å². The third-order valence-corrected chi connectivity index (χ3v) is 3.53. The Bertz CT molecular complexity index is 573. The average molecular weight is 389 g/mol. The molecule has 0 spiro atoms. The highest BCUT2D eigenvalue weighted by atomic mass is 79.9. The van der Waals surface area contributed by atoms with Gasteiger partial charge in [0.1, 0.15) is 5.82 Å². The summed E-state index contributed by atoms with van der Waals surface area (Å²) in [5.74, 6) is -0.945. The second kappa shape index (κ2) is 8.40. The molecule has 0 fully saturated rings. The molecule has 5 nitrogen and oxygen atoms in total. The van der Waals surface area contributed by atoms with Gasteiger partial charge in [0.25, 0.3) is 11.8 Å². The summed E-state index contributed by atoms with van der Waals surface area (Å²) in [7, 11) is 0. The Kier molecular flexibility index (Phi) is 7.15. The van der Waals surface area contributed by atoms with E-state index in [1.807, 2.05) is 27.7 Å². The summed E-state index contributed by atoms with van der Waals surface area (Å²) in [4.78, 5) is 24.8. The summed E-state index contributed by atoms with van der Waals surface area (Å²) in [6, 6.07) is 4.44. The highest BCUT2D eigenvalue weighted by Gasteiger charge is 2.20. The lowest BCUT2D eigenvalue weighted by Crippen LogP contribution is -3.14. The molecule has 1 atom stereocenters.